The number of carboxylic acid groups (broad SMARTS) is 1. The Balaban J connectivity index is 2.34. The number of carbonyl (C=O) groups excluding carboxylic acids is 2. The molecule has 22 heavy (non-hydrogen) atoms. The monoisotopic (exact) mass is 341 g/mol. The third-order valence-corrected chi connectivity index (χ3v) is 3.87. The smallest absolute Gasteiger partial charge is 0.323 e. The Morgan fingerprint density at radius 3 is 2.82 bits per heavy atom. The van der Waals surface area contributed by atoms with Crippen LogP contribution in [0, 0.1) is 0 Å². The van der Waals surface area contributed by atoms with Crippen LogP contribution < -0.4 is 4.74 Å². The van der Waals surface area contributed by atoms with E-state index in [1.165, 1.54) is 6.08 Å². The second-order valence-corrected chi connectivity index (χ2v) is 5.71. The van der Waals surface area contributed by atoms with Gasteiger partial charge in [-0.25, -0.2) is 0 Å². The van der Waals surface area contributed by atoms with E-state index in [0.717, 1.165) is 0 Å². The summed E-state index contributed by atoms with van der Waals surface area (Å²) < 4.78 is 5.44. The summed E-state index contributed by atoms with van der Waals surface area (Å²) in [6.07, 6.45) is 1.48. The van der Waals surface area contributed by atoms with Crippen LogP contribution in [0.5, 0.6) is 5.75 Å². The van der Waals surface area contributed by atoms with Gasteiger partial charge < -0.3 is 9.84 Å². The lowest BCUT2D eigenvalue weighted by Gasteiger charge is -2.09. The summed E-state index contributed by atoms with van der Waals surface area (Å²) in [5.41, 5.74) is 0.551. The van der Waals surface area contributed by atoms with E-state index in [1.54, 1.807) is 18.2 Å². The summed E-state index contributed by atoms with van der Waals surface area (Å²) in [5.74, 6) is -1.36. The normalized spacial score (nSPS) is 16.5. The van der Waals surface area contributed by atoms with E-state index in [4.69, 9.17) is 21.4 Å². The maximum atomic E-state index is 12.1. The van der Waals surface area contributed by atoms with Crippen molar-refractivity contribution in [1.29, 1.82) is 0 Å². The highest BCUT2D eigenvalue weighted by Gasteiger charge is 2.36. The average Bonchev–Trinajstić information content (AvgIpc) is 2.69. The second kappa shape index (κ2) is 6.85. The van der Waals surface area contributed by atoms with E-state index in [-0.39, 0.29) is 4.91 Å². The summed E-state index contributed by atoms with van der Waals surface area (Å²) in [6.45, 7) is 1.60. The van der Waals surface area contributed by atoms with Gasteiger partial charge in [0.2, 0.25) is 0 Å². The number of rotatable bonds is 5. The quantitative estimate of drug-likeness (QED) is 0.829. The first-order valence-electron chi connectivity index (χ1n) is 6.32. The number of amides is 2. The molecule has 0 unspecified atom stereocenters. The van der Waals surface area contributed by atoms with Crippen LogP contribution in [0.2, 0.25) is 5.02 Å². The van der Waals surface area contributed by atoms with Gasteiger partial charge in [-0.15, -0.1) is 0 Å². The van der Waals surface area contributed by atoms with Crippen molar-refractivity contribution in [2.75, 3.05) is 13.2 Å². The molecule has 0 aromatic heterocycles. The first-order valence-corrected chi connectivity index (χ1v) is 7.51. The zero-order valence-corrected chi connectivity index (χ0v) is 13.1. The minimum absolute atomic E-state index is 0.134. The maximum absolute atomic E-state index is 12.1. The number of hydrogen-bond acceptors (Lipinski definition) is 5. The van der Waals surface area contributed by atoms with Crippen molar-refractivity contribution < 1.29 is 24.2 Å². The first kappa shape index (κ1) is 16.4. The molecule has 8 heteroatoms. The zero-order chi connectivity index (χ0) is 16.3. The van der Waals surface area contributed by atoms with Gasteiger partial charge in [0, 0.05) is 10.6 Å². The molecule has 1 aliphatic rings. The van der Waals surface area contributed by atoms with Crippen molar-refractivity contribution >= 4 is 46.6 Å². The van der Waals surface area contributed by atoms with Gasteiger partial charge in [-0.3, -0.25) is 19.3 Å². The molecule has 0 saturated carbocycles. The van der Waals surface area contributed by atoms with Crippen LogP contribution in [0.25, 0.3) is 6.08 Å². The predicted octanol–water partition coefficient (Wildman–Crippen LogP) is 2.86. The Kier molecular flexibility index (Phi) is 5.10. The largest absolute Gasteiger partial charge is 0.493 e. The van der Waals surface area contributed by atoms with Crippen molar-refractivity contribution in [2.45, 2.75) is 6.92 Å². The number of carboxylic acids is 1. The van der Waals surface area contributed by atoms with Crippen molar-refractivity contribution in [2.24, 2.45) is 0 Å². The van der Waals surface area contributed by atoms with Gasteiger partial charge in [0.25, 0.3) is 11.1 Å². The molecule has 1 N–H and O–H groups in total. The van der Waals surface area contributed by atoms with Crippen molar-refractivity contribution in [3.8, 4) is 5.75 Å². The van der Waals surface area contributed by atoms with Crippen molar-refractivity contribution in [3.05, 3.63) is 33.7 Å². The number of aliphatic carboxylic acids is 1. The third-order valence-electron chi connectivity index (χ3n) is 2.73. The molecule has 1 heterocycles. The number of halogens is 1. The lowest BCUT2D eigenvalue weighted by Crippen LogP contribution is -2.33. The summed E-state index contributed by atoms with van der Waals surface area (Å²) in [6, 6.07) is 4.93. The molecule has 0 bridgehead atoms. The Morgan fingerprint density at radius 1 is 1.45 bits per heavy atom. The average molecular weight is 342 g/mol. The molecular formula is C14H12ClNO5S. The minimum Gasteiger partial charge on any atom is -0.493 e. The van der Waals surface area contributed by atoms with Crippen LogP contribution >= 0.6 is 23.4 Å². The number of imide groups is 1. The number of carbonyl (C=O) groups is 3. The molecule has 2 rings (SSSR count). The van der Waals surface area contributed by atoms with Crippen LogP contribution in [0.1, 0.15) is 12.5 Å². The molecule has 1 aromatic carbocycles. The molecule has 0 radical (unpaired) electrons. The number of nitrogens with zero attached hydrogens (tertiary/aromatic N) is 1. The van der Waals surface area contributed by atoms with E-state index < -0.39 is 23.7 Å². The van der Waals surface area contributed by atoms with Crippen LogP contribution in [-0.2, 0) is 9.59 Å². The van der Waals surface area contributed by atoms with Gasteiger partial charge in [-0.2, -0.15) is 0 Å². The van der Waals surface area contributed by atoms with Gasteiger partial charge in [0.05, 0.1) is 11.5 Å². The molecule has 1 aliphatic heterocycles. The van der Waals surface area contributed by atoms with E-state index >= 15 is 0 Å². The van der Waals surface area contributed by atoms with Gasteiger partial charge >= 0.3 is 5.97 Å². The fourth-order valence-corrected chi connectivity index (χ4v) is 2.84. The van der Waals surface area contributed by atoms with Gasteiger partial charge in [0.15, 0.2) is 0 Å². The third kappa shape index (κ3) is 3.61. The lowest BCUT2D eigenvalue weighted by molar-refractivity contribution is -0.140. The number of benzene rings is 1. The fraction of sp³-hybridized carbons (Fsp3) is 0.214. The first-order chi connectivity index (χ1) is 10.4. The van der Waals surface area contributed by atoms with Crippen molar-refractivity contribution in [3.63, 3.8) is 0 Å². The molecule has 6 nitrogen and oxygen atoms in total. The number of ether oxygens (including phenoxy) is 1. The van der Waals surface area contributed by atoms with Crippen LogP contribution in [0.3, 0.4) is 0 Å². The lowest BCUT2D eigenvalue weighted by atomic mass is 10.2. The van der Waals surface area contributed by atoms with Crippen LogP contribution in [0.15, 0.2) is 23.1 Å². The molecule has 1 aromatic rings. The molecule has 2 amide bonds. The molecule has 116 valence electrons. The Bertz CT molecular complexity index is 673. The highest BCUT2D eigenvalue weighted by molar-refractivity contribution is 8.18. The van der Waals surface area contributed by atoms with E-state index in [2.05, 4.69) is 0 Å². The second-order valence-electron chi connectivity index (χ2n) is 4.28. The molecule has 1 saturated heterocycles. The SMILES string of the molecule is CCOc1ccc(Cl)cc1/C=C1\SC(=O)N(CC(=O)O)C1=O. The Hall–Kier alpha value is -1.99. The van der Waals surface area contributed by atoms with Gasteiger partial charge in [0.1, 0.15) is 12.3 Å². The number of thioether (sulfide) groups is 1. The fourth-order valence-electron chi connectivity index (χ4n) is 1.83. The van der Waals surface area contributed by atoms with E-state index in [9.17, 15) is 14.4 Å². The zero-order valence-electron chi connectivity index (χ0n) is 11.5. The molecule has 0 aliphatic carbocycles. The van der Waals surface area contributed by atoms with Crippen LogP contribution in [0.4, 0.5) is 4.79 Å². The molecule has 0 atom stereocenters. The van der Waals surface area contributed by atoms with Crippen LogP contribution in [-0.4, -0.2) is 40.3 Å². The Morgan fingerprint density at radius 2 is 2.18 bits per heavy atom. The topological polar surface area (TPSA) is 83.9 Å². The van der Waals surface area contributed by atoms with Gasteiger partial charge in [-0.05, 0) is 43.0 Å². The molecule has 1 fully saturated rings. The minimum atomic E-state index is -1.25. The summed E-state index contributed by atoms with van der Waals surface area (Å²) in [5, 5.41) is 8.57. The summed E-state index contributed by atoms with van der Waals surface area (Å²) >= 11 is 6.62. The number of hydrogen-bond donors (Lipinski definition) is 1. The molecule has 0 spiro atoms. The van der Waals surface area contributed by atoms with E-state index in [0.29, 0.717) is 39.6 Å². The Labute approximate surface area is 135 Å². The predicted molar refractivity (Wildman–Crippen MR) is 82.9 cm³/mol. The van der Waals surface area contributed by atoms with Gasteiger partial charge in [-0.1, -0.05) is 11.6 Å². The highest BCUT2D eigenvalue weighted by Crippen LogP contribution is 2.34. The standard InChI is InChI=1S/C14H12ClNO5S/c1-2-21-10-4-3-9(15)5-8(10)6-11-13(19)16(7-12(17)18)14(20)22-11/h3-6H,2,7H2,1H3,(H,17,18)/b11-6-. The highest BCUT2D eigenvalue weighted by atomic mass is 35.5. The maximum Gasteiger partial charge on any atom is 0.323 e. The van der Waals surface area contributed by atoms with E-state index in [1.807, 2.05) is 6.92 Å². The molecular weight excluding hydrogens is 330 g/mol. The summed E-state index contributed by atoms with van der Waals surface area (Å²) in [4.78, 5) is 35.3. The van der Waals surface area contributed by atoms with Crippen molar-refractivity contribution in [1.82, 2.24) is 4.90 Å². The summed E-state index contributed by atoms with van der Waals surface area (Å²) in [7, 11) is 0.